The average Bonchev–Trinajstić information content (AvgIpc) is 2.64. The number of aryl methyl sites for hydroxylation is 1. The van der Waals surface area contributed by atoms with E-state index in [-0.39, 0.29) is 27.1 Å². The van der Waals surface area contributed by atoms with Gasteiger partial charge < -0.3 is 0 Å². The van der Waals surface area contributed by atoms with Crippen molar-refractivity contribution in [2.45, 2.75) is 0 Å². The van der Waals surface area contributed by atoms with Gasteiger partial charge in [-0.25, -0.2) is 9.67 Å². The van der Waals surface area contributed by atoms with Crippen molar-refractivity contribution in [3.8, 4) is 0 Å². The topological polar surface area (TPSA) is 106 Å². The van der Waals surface area contributed by atoms with Crippen molar-refractivity contribution in [2.24, 2.45) is 7.05 Å². The SMILES string of the molecule is Cn1nc(C(=O)NNC(=O)c2nc(Cl)ccc2Cl)c2ccccc2c1=O. The second-order valence-corrected chi connectivity index (χ2v) is 5.99. The number of carbonyl (C=O) groups excluding carboxylic acids is 2. The molecule has 0 fully saturated rings. The first-order valence-electron chi connectivity index (χ1n) is 7.27. The van der Waals surface area contributed by atoms with Gasteiger partial charge >= 0.3 is 0 Å². The highest BCUT2D eigenvalue weighted by Gasteiger charge is 2.18. The summed E-state index contributed by atoms with van der Waals surface area (Å²) < 4.78 is 1.05. The molecule has 0 bridgehead atoms. The number of nitrogens with one attached hydrogen (secondary N) is 2. The highest BCUT2D eigenvalue weighted by Crippen LogP contribution is 2.16. The number of fused-ring (bicyclic) bond motifs is 1. The molecule has 1 aromatic carbocycles. The summed E-state index contributed by atoms with van der Waals surface area (Å²) in [6.45, 7) is 0. The maximum atomic E-state index is 12.4. The number of carbonyl (C=O) groups is 2. The lowest BCUT2D eigenvalue weighted by molar-refractivity contribution is 0.0841. The molecule has 26 heavy (non-hydrogen) atoms. The van der Waals surface area contributed by atoms with E-state index in [1.165, 1.54) is 19.2 Å². The van der Waals surface area contributed by atoms with Gasteiger partial charge in [0.25, 0.3) is 17.4 Å². The molecule has 0 aliphatic rings. The van der Waals surface area contributed by atoms with Crippen molar-refractivity contribution >= 4 is 45.8 Å². The van der Waals surface area contributed by atoms with Crippen LogP contribution in [0.1, 0.15) is 21.0 Å². The molecule has 2 amide bonds. The van der Waals surface area contributed by atoms with E-state index < -0.39 is 11.8 Å². The molecular weight excluding hydrogens is 381 g/mol. The summed E-state index contributed by atoms with van der Waals surface area (Å²) >= 11 is 11.6. The Morgan fingerprint density at radius 2 is 1.58 bits per heavy atom. The molecule has 132 valence electrons. The van der Waals surface area contributed by atoms with E-state index >= 15 is 0 Å². The van der Waals surface area contributed by atoms with Crippen LogP contribution >= 0.6 is 23.2 Å². The summed E-state index contributed by atoms with van der Waals surface area (Å²) in [5.41, 5.74) is 3.92. The minimum Gasteiger partial charge on any atom is -0.267 e. The summed E-state index contributed by atoms with van der Waals surface area (Å²) in [6, 6.07) is 9.38. The molecule has 2 aromatic heterocycles. The summed E-state index contributed by atoms with van der Waals surface area (Å²) in [4.78, 5) is 40.5. The Morgan fingerprint density at radius 3 is 2.27 bits per heavy atom. The minimum atomic E-state index is -0.750. The van der Waals surface area contributed by atoms with Gasteiger partial charge in [0, 0.05) is 12.4 Å². The summed E-state index contributed by atoms with van der Waals surface area (Å²) in [7, 11) is 1.43. The molecule has 0 atom stereocenters. The van der Waals surface area contributed by atoms with Gasteiger partial charge in [-0.2, -0.15) is 5.10 Å². The van der Waals surface area contributed by atoms with E-state index in [1.807, 2.05) is 0 Å². The molecule has 0 saturated heterocycles. The lowest BCUT2D eigenvalue weighted by atomic mass is 10.1. The van der Waals surface area contributed by atoms with Crippen molar-refractivity contribution in [3.63, 3.8) is 0 Å². The third-order valence-electron chi connectivity index (χ3n) is 3.49. The zero-order valence-electron chi connectivity index (χ0n) is 13.3. The Bertz CT molecular complexity index is 1100. The van der Waals surface area contributed by atoms with Gasteiger partial charge in [-0.05, 0) is 18.2 Å². The summed E-state index contributed by atoms with van der Waals surface area (Å²) in [5, 5.41) is 4.81. The van der Waals surface area contributed by atoms with Crippen molar-refractivity contribution < 1.29 is 9.59 Å². The Labute approximate surface area is 156 Å². The Hall–Kier alpha value is -2.97. The van der Waals surface area contributed by atoms with Crippen LogP contribution in [0, 0.1) is 0 Å². The second kappa shape index (κ2) is 7.11. The minimum absolute atomic E-state index is 0.0202. The van der Waals surface area contributed by atoms with Gasteiger partial charge in [-0.15, -0.1) is 0 Å². The maximum absolute atomic E-state index is 12.4. The molecule has 3 aromatic rings. The first kappa shape index (κ1) is 17.8. The van der Waals surface area contributed by atoms with Crippen molar-refractivity contribution in [3.05, 3.63) is 68.3 Å². The zero-order chi connectivity index (χ0) is 18.8. The first-order valence-corrected chi connectivity index (χ1v) is 8.03. The summed E-state index contributed by atoms with van der Waals surface area (Å²) in [5.74, 6) is -1.46. The first-order chi connectivity index (χ1) is 12.4. The van der Waals surface area contributed by atoms with Gasteiger partial charge in [-0.3, -0.25) is 25.2 Å². The summed E-state index contributed by atoms with van der Waals surface area (Å²) in [6.07, 6.45) is 0. The van der Waals surface area contributed by atoms with Gasteiger partial charge in [-0.1, -0.05) is 41.4 Å². The van der Waals surface area contributed by atoms with Crippen LogP contribution in [0.5, 0.6) is 0 Å². The van der Waals surface area contributed by atoms with Crippen LogP contribution in [0.4, 0.5) is 0 Å². The third kappa shape index (κ3) is 3.37. The highest BCUT2D eigenvalue weighted by atomic mass is 35.5. The van der Waals surface area contributed by atoms with Crippen LogP contribution in [-0.2, 0) is 7.05 Å². The number of benzene rings is 1. The van der Waals surface area contributed by atoms with E-state index in [1.54, 1.807) is 24.3 Å². The van der Waals surface area contributed by atoms with Crippen molar-refractivity contribution in [2.75, 3.05) is 0 Å². The van der Waals surface area contributed by atoms with Crippen LogP contribution < -0.4 is 16.4 Å². The Morgan fingerprint density at radius 1 is 0.962 bits per heavy atom. The monoisotopic (exact) mass is 391 g/mol. The fraction of sp³-hybridized carbons (Fsp3) is 0.0625. The van der Waals surface area contributed by atoms with Gasteiger partial charge in [0.15, 0.2) is 5.69 Å². The molecule has 2 heterocycles. The lowest BCUT2D eigenvalue weighted by Crippen LogP contribution is -2.43. The number of aromatic nitrogens is 3. The Balaban J connectivity index is 1.86. The molecule has 0 spiro atoms. The smallest absolute Gasteiger partial charge is 0.267 e. The lowest BCUT2D eigenvalue weighted by Gasteiger charge is -2.10. The van der Waals surface area contributed by atoms with E-state index in [4.69, 9.17) is 23.2 Å². The highest BCUT2D eigenvalue weighted by molar-refractivity contribution is 6.34. The molecule has 8 nitrogen and oxygen atoms in total. The van der Waals surface area contributed by atoms with Crippen molar-refractivity contribution in [1.29, 1.82) is 0 Å². The average molecular weight is 392 g/mol. The molecule has 0 unspecified atom stereocenters. The molecular formula is C16H11Cl2N5O3. The van der Waals surface area contributed by atoms with E-state index in [2.05, 4.69) is 20.9 Å². The number of nitrogens with zero attached hydrogens (tertiary/aromatic N) is 3. The number of hydrogen-bond donors (Lipinski definition) is 2. The van der Waals surface area contributed by atoms with Crippen LogP contribution in [0.25, 0.3) is 10.8 Å². The van der Waals surface area contributed by atoms with Crippen LogP contribution in [0.3, 0.4) is 0 Å². The molecule has 3 rings (SSSR count). The number of hydrazine groups is 1. The van der Waals surface area contributed by atoms with Crippen LogP contribution in [0.15, 0.2) is 41.2 Å². The number of pyridine rings is 1. The predicted molar refractivity (Wildman–Crippen MR) is 96.2 cm³/mol. The van der Waals surface area contributed by atoms with E-state index in [9.17, 15) is 14.4 Å². The maximum Gasteiger partial charge on any atom is 0.290 e. The third-order valence-corrected chi connectivity index (χ3v) is 4.00. The van der Waals surface area contributed by atoms with Crippen molar-refractivity contribution in [1.82, 2.24) is 25.6 Å². The molecule has 0 aliphatic carbocycles. The quantitative estimate of drug-likeness (QED) is 0.510. The molecule has 10 heteroatoms. The standard InChI is InChI=1S/C16H11Cl2N5O3/c1-23-16(26)9-5-3-2-4-8(9)12(22-23)14(24)20-21-15(25)13-10(17)6-7-11(18)19-13/h2-7H,1H3,(H,20,24)(H,21,25). The van der Waals surface area contributed by atoms with Crippen LogP contribution in [0.2, 0.25) is 10.2 Å². The van der Waals surface area contributed by atoms with Crippen LogP contribution in [-0.4, -0.2) is 26.6 Å². The second-order valence-electron chi connectivity index (χ2n) is 5.20. The van der Waals surface area contributed by atoms with Gasteiger partial charge in [0.1, 0.15) is 10.8 Å². The normalized spacial score (nSPS) is 10.6. The molecule has 2 N–H and O–H groups in total. The number of rotatable bonds is 2. The fourth-order valence-electron chi connectivity index (χ4n) is 2.28. The molecule has 0 aliphatic heterocycles. The number of hydrogen-bond acceptors (Lipinski definition) is 5. The van der Waals surface area contributed by atoms with E-state index in [0.717, 1.165) is 4.68 Å². The molecule has 0 radical (unpaired) electrons. The van der Waals surface area contributed by atoms with E-state index in [0.29, 0.717) is 10.8 Å². The largest absolute Gasteiger partial charge is 0.290 e. The predicted octanol–water partition coefficient (Wildman–Crippen LogP) is 1.71. The number of halogens is 2. The molecule has 0 saturated carbocycles. The van der Waals surface area contributed by atoms with Gasteiger partial charge in [0.2, 0.25) is 0 Å². The Kier molecular flexibility index (Phi) is 4.88. The zero-order valence-corrected chi connectivity index (χ0v) is 14.8. The fourth-order valence-corrected chi connectivity index (χ4v) is 2.62. The van der Waals surface area contributed by atoms with Gasteiger partial charge in [0.05, 0.1) is 10.4 Å². The number of amides is 2.